The zero-order valence-electron chi connectivity index (χ0n) is 14.8. The first-order valence-electron chi connectivity index (χ1n) is 8.86. The number of aromatic nitrogens is 4. The largest absolute Gasteiger partial charge is 0.394 e. The van der Waals surface area contributed by atoms with Crippen molar-refractivity contribution in [2.24, 2.45) is 0 Å². The highest BCUT2D eigenvalue weighted by atomic mass is 16.6. The number of benzene rings is 1. The van der Waals surface area contributed by atoms with Crippen molar-refractivity contribution in [2.45, 2.75) is 37.2 Å². The van der Waals surface area contributed by atoms with Crippen LogP contribution in [0.15, 0.2) is 43.0 Å². The summed E-state index contributed by atoms with van der Waals surface area (Å²) in [6.45, 7) is -0.00347. The fourth-order valence-electron chi connectivity index (χ4n) is 3.29. The second-order valence-electron chi connectivity index (χ2n) is 6.60. The molecule has 148 valence electrons. The molecule has 1 saturated heterocycles. The minimum atomic E-state index is -1.49. The van der Waals surface area contributed by atoms with Crippen LogP contribution in [0.5, 0.6) is 0 Å². The van der Waals surface area contributed by atoms with Gasteiger partial charge in [0.15, 0.2) is 17.7 Å². The molecule has 1 fully saturated rings. The first kappa shape index (κ1) is 18.7. The molecule has 3 aromatic rings. The molecular weight excluding hydrogens is 366 g/mol. The van der Waals surface area contributed by atoms with Crippen molar-refractivity contribution in [2.75, 3.05) is 11.9 Å². The Morgan fingerprint density at radius 1 is 1.00 bits per heavy atom. The topological polar surface area (TPSA) is 146 Å². The summed E-state index contributed by atoms with van der Waals surface area (Å²) in [5.74, 6) is 0.475. The highest BCUT2D eigenvalue weighted by molar-refractivity contribution is 5.83. The maximum Gasteiger partial charge on any atom is 0.183 e. The van der Waals surface area contributed by atoms with E-state index in [1.807, 2.05) is 30.3 Å². The Kier molecular flexibility index (Phi) is 5.20. The van der Waals surface area contributed by atoms with Crippen LogP contribution in [-0.4, -0.2) is 71.0 Å². The van der Waals surface area contributed by atoms with E-state index in [1.165, 1.54) is 17.2 Å². The van der Waals surface area contributed by atoms with Crippen molar-refractivity contribution < 1.29 is 25.2 Å². The Morgan fingerprint density at radius 3 is 2.54 bits per heavy atom. The molecule has 1 aromatic carbocycles. The number of anilines is 1. The Balaban J connectivity index is 1.68. The molecule has 0 saturated carbocycles. The third kappa shape index (κ3) is 3.32. The van der Waals surface area contributed by atoms with Gasteiger partial charge in [-0.25, -0.2) is 15.0 Å². The van der Waals surface area contributed by atoms with E-state index in [4.69, 9.17) is 4.74 Å². The molecular formula is C18H21N5O5. The van der Waals surface area contributed by atoms with Gasteiger partial charge in [-0.05, 0) is 5.56 Å². The van der Waals surface area contributed by atoms with E-state index in [-0.39, 0.29) is 0 Å². The predicted molar refractivity (Wildman–Crippen MR) is 98.1 cm³/mol. The number of imidazole rings is 1. The lowest BCUT2D eigenvalue weighted by Crippen LogP contribution is -2.56. The number of fused-ring (bicyclic) bond motifs is 1. The van der Waals surface area contributed by atoms with Crippen LogP contribution in [0.4, 0.5) is 5.82 Å². The summed E-state index contributed by atoms with van der Waals surface area (Å²) in [5.41, 5.74) is 1.90. The fraction of sp³-hybridized carbons (Fsp3) is 0.389. The summed E-state index contributed by atoms with van der Waals surface area (Å²) in [6.07, 6.45) is -3.66. The van der Waals surface area contributed by atoms with Gasteiger partial charge >= 0.3 is 0 Å². The van der Waals surface area contributed by atoms with Gasteiger partial charge < -0.3 is 30.5 Å². The second kappa shape index (κ2) is 7.78. The van der Waals surface area contributed by atoms with Gasteiger partial charge in [0, 0.05) is 6.54 Å². The van der Waals surface area contributed by atoms with Gasteiger partial charge in [0.05, 0.1) is 6.61 Å². The lowest BCUT2D eigenvalue weighted by Gasteiger charge is -2.40. The number of ether oxygens (including phenoxy) is 1. The van der Waals surface area contributed by atoms with Gasteiger partial charge in [-0.3, -0.25) is 4.57 Å². The van der Waals surface area contributed by atoms with Gasteiger partial charge in [0.2, 0.25) is 0 Å². The maximum absolute atomic E-state index is 10.4. The molecule has 2 aromatic heterocycles. The molecule has 5 atom stereocenters. The van der Waals surface area contributed by atoms with Gasteiger partial charge in [0.25, 0.3) is 0 Å². The SMILES string of the molecule is OC[C@H]1OC(n2cnc3ncnc(NCc4ccccc4)c32)[C@H](O)[C@@H](O)[C@@H]1O. The normalized spacial score (nSPS) is 27.8. The van der Waals surface area contributed by atoms with Crippen molar-refractivity contribution in [3.8, 4) is 0 Å². The van der Waals surface area contributed by atoms with Crippen LogP contribution < -0.4 is 5.32 Å². The number of hydrogen-bond acceptors (Lipinski definition) is 9. The van der Waals surface area contributed by atoms with Gasteiger partial charge in [-0.1, -0.05) is 30.3 Å². The molecule has 28 heavy (non-hydrogen) atoms. The maximum atomic E-state index is 10.4. The van der Waals surface area contributed by atoms with Gasteiger partial charge in [-0.2, -0.15) is 0 Å². The van der Waals surface area contributed by atoms with E-state index in [0.717, 1.165) is 5.56 Å². The van der Waals surface area contributed by atoms with Crippen LogP contribution in [0.3, 0.4) is 0 Å². The van der Waals surface area contributed by atoms with Crippen LogP contribution in [-0.2, 0) is 11.3 Å². The molecule has 0 aliphatic carbocycles. The molecule has 1 aliphatic rings. The molecule has 3 heterocycles. The van der Waals surface area contributed by atoms with E-state index in [1.54, 1.807) is 0 Å². The van der Waals surface area contributed by atoms with Crippen molar-refractivity contribution in [1.82, 2.24) is 19.5 Å². The number of aliphatic hydroxyl groups excluding tert-OH is 4. The first-order chi connectivity index (χ1) is 13.6. The van der Waals surface area contributed by atoms with Crippen LogP contribution >= 0.6 is 0 Å². The fourth-order valence-corrected chi connectivity index (χ4v) is 3.29. The molecule has 4 rings (SSSR count). The average molecular weight is 387 g/mol. The van der Waals surface area contributed by atoms with Crippen molar-refractivity contribution in [3.05, 3.63) is 48.5 Å². The molecule has 1 unspecified atom stereocenters. The zero-order valence-corrected chi connectivity index (χ0v) is 14.8. The minimum absolute atomic E-state index is 0.377. The summed E-state index contributed by atoms with van der Waals surface area (Å²) in [5, 5.41) is 43.1. The quantitative estimate of drug-likeness (QED) is 0.388. The van der Waals surface area contributed by atoms with Crippen LogP contribution in [0, 0.1) is 0 Å². The van der Waals surface area contributed by atoms with E-state index in [0.29, 0.717) is 23.5 Å². The van der Waals surface area contributed by atoms with Crippen molar-refractivity contribution in [3.63, 3.8) is 0 Å². The summed E-state index contributed by atoms with van der Waals surface area (Å²) < 4.78 is 7.12. The molecule has 0 radical (unpaired) electrons. The van der Waals surface area contributed by atoms with Crippen molar-refractivity contribution >= 4 is 17.0 Å². The van der Waals surface area contributed by atoms with Crippen LogP contribution in [0.1, 0.15) is 11.8 Å². The van der Waals surface area contributed by atoms with Crippen LogP contribution in [0.25, 0.3) is 11.2 Å². The summed E-state index contributed by atoms with van der Waals surface area (Å²) in [4.78, 5) is 12.6. The molecule has 10 heteroatoms. The molecule has 1 aliphatic heterocycles. The number of aliphatic hydroxyl groups is 4. The van der Waals surface area contributed by atoms with E-state index in [9.17, 15) is 20.4 Å². The highest BCUT2D eigenvalue weighted by Gasteiger charge is 2.44. The number of hydrogen-bond donors (Lipinski definition) is 5. The Labute approximate surface area is 160 Å². The molecule has 0 bridgehead atoms. The first-order valence-corrected chi connectivity index (χ1v) is 8.86. The van der Waals surface area contributed by atoms with Gasteiger partial charge in [-0.15, -0.1) is 0 Å². The zero-order chi connectivity index (χ0) is 19.7. The van der Waals surface area contributed by atoms with E-state index >= 15 is 0 Å². The number of rotatable bonds is 5. The molecule has 5 N–H and O–H groups in total. The summed E-state index contributed by atoms with van der Waals surface area (Å²) >= 11 is 0. The van der Waals surface area contributed by atoms with Crippen LogP contribution in [0.2, 0.25) is 0 Å². The Bertz CT molecular complexity index is 935. The highest BCUT2D eigenvalue weighted by Crippen LogP contribution is 2.32. The number of nitrogens with zero attached hydrogens (tertiary/aromatic N) is 4. The third-order valence-corrected chi connectivity index (χ3v) is 4.81. The molecule has 0 amide bonds. The summed E-state index contributed by atoms with van der Waals surface area (Å²) in [7, 11) is 0. The average Bonchev–Trinajstić information content (AvgIpc) is 3.16. The predicted octanol–water partition coefficient (Wildman–Crippen LogP) is -0.589. The smallest absolute Gasteiger partial charge is 0.183 e. The minimum Gasteiger partial charge on any atom is -0.394 e. The Morgan fingerprint density at radius 2 is 1.79 bits per heavy atom. The lowest BCUT2D eigenvalue weighted by molar-refractivity contribution is -0.250. The number of nitrogens with one attached hydrogen (secondary N) is 1. The molecule has 10 nitrogen and oxygen atoms in total. The van der Waals surface area contributed by atoms with Gasteiger partial charge in [0.1, 0.15) is 42.6 Å². The summed E-state index contributed by atoms with van der Waals surface area (Å²) in [6, 6.07) is 9.75. The third-order valence-electron chi connectivity index (χ3n) is 4.81. The van der Waals surface area contributed by atoms with E-state index < -0.39 is 37.3 Å². The standard InChI is InChI=1S/C18H21N5O5/c24-7-11-13(25)14(26)15(27)18(28-11)23-9-22-17-12(23)16(20-8-21-17)19-6-10-4-2-1-3-5-10/h1-5,8-9,11,13-15,18,24-27H,6-7H2,(H,19,20,21)/t11-,13-,14+,15-,18?/m1/s1. The van der Waals surface area contributed by atoms with Crippen molar-refractivity contribution in [1.29, 1.82) is 0 Å². The monoisotopic (exact) mass is 387 g/mol. The second-order valence-corrected chi connectivity index (χ2v) is 6.60. The Hall–Kier alpha value is -2.63. The van der Waals surface area contributed by atoms with E-state index in [2.05, 4.69) is 20.3 Å². The molecule has 0 spiro atoms. The lowest BCUT2D eigenvalue weighted by atomic mass is 9.98.